The molecule has 1 heterocycles. The van der Waals surface area contributed by atoms with Gasteiger partial charge >= 0.3 is 0 Å². The monoisotopic (exact) mass is 645 g/mol. The third-order valence-corrected chi connectivity index (χ3v) is 10.8. The zero-order valence-electron chi connectivity index (χ0n) is 28.6. The molecule has 4 aromatic carbocycles. The Morgan fingerprint density at radius 2 is 1.64 bits per heavy atom. The molecule has 0 N–H and O–H groups in total. The second-order valence-corrected chi connectivity index (χ2v) is 13.6. The van der Waals surface area contributed by atoms with E-state index in [9.17, 15) is 4.79 Å². The van der Waals surface area contributed by atoms with Crippen molar-refractivity contribution >= 4 is 28.4 Å². The van der Waals surface area contributed by atoms with E-state index in [2.05, 4.69) is 141 Å². The van der Waals surface area contributed by atoms with Gasteiger partial charge in [0.15, 0.2) is 0 Å². The van der Waals surface area contributed by atoms with Crippen molar-refractivity contribution in [2.75, 3.05) is 4.90 Å². The van der Waals surface area contributed by atoms with Gasteiger partial charge in [0.1, 0.15) is 0 Å². The zero-order chi connectivity index (χ0) is 34.4. The molecule has 0 radical (unpaired) electrons. The van der Waals surface area contributed by atoms with E-state index in [4.69, 9.17) is 6.42 Å². The van der Waals surface area contributed by atoms with E-state index in [-0.39, 0.29) is 11.8 Å². The summed E-state index contributed by atoms with van der Waals surface area (Å²) in [5.74, 6) is 2.88. The largest absolute Gasteiger partial charge is 0.281 e. The Kier molecular flexibility index (Phi) is 7.85. The summed E-state index contributed by atoms with van der Waals surface area (Å²) in [7, 11) is 0. The van der Waals surface area contributed by atoms with E-state index < -0.39 is 5.41 Å². The molecule has 0 saturated carbocycles. The van der Waals surface area contributed by atoms with Gasteiger partial charge in [-0.1, -0.05) is 141 Å². The zero-order valence-corrected chi connectivity index (χ0v) is 28.6. The highest BCUT2D eigenvalue weighted by atomic mass is 16.2. The molecule has 8 rings (SSSR count). The summed E-state index contributed by atoms with van der Waals surface area (Å²) in [5, 5.41) is 2.32. The fraction of sp³-hybridized carbons (Fsp3) is 0.146. The summed E-state index contributed by atoms with van der Waals surface area (Å²) < 4.78 is 0. The van der Waals surface area contributed by atoms with Crippen LogP contribution in [0.5, 0.6) is 0 Å². The van der Waals surface area contributed by atoms with Crippen molar-refractivity contribution in [3.05, 3.63) is 179 Å². The fourth-order valence-corrected chi connectivity index (χ4v) is 8.56. The first kappa shape index (κ1) is 31.4. The van der Waals surface area contributed by atoms with E-state index in [0.717, 1.165) is 63.0 Å². The third-order valence-electron chi connectivity index (χ3n) is 10.8. The quantitative estimate of drug-likeness (QED) is 0.191. The summed E-state index contributed by atoms with van der Waals surface area (Å²) in [5.41, 5.74) is 12.3. The van der Waals surface area contributed by atoms with Gasteiger partial charge < -0.3 is 0 Å². The Morgan fingerprint density at radius 1 is 0.920 bits per heavy atom. The predicted octanol–water partition coefficient (Wildman–Crippen LogP) is 11.5. The molecule has 3 aliphatic carbocycles. The van der Waals surface area contributed by atoms with E-state index in [1.165, 1.54) is 27.7 Å². The summed E-state index contributed by atoms with van der Waals surface area (Å²) in [4.78, 5) is 16.3. The van der Waals surface area contributed by atoms with E-state index in [0.29, 0.717) is 6.42 Å². The third kappa shape index (κ3) is 4.77. The van der Waals surface area contributed by atoms with Crippen LogP contribution in [0.15, 0.2) is 168 Å². The number of fused-ring (bicyclic) bond motifs is 1. The van der Waals surface area contributed by atoms with Crippen molar-refractivity contribution < 1.29 is 4.79 Å². The number of hydrogen-bond acceptors (Lipinski definition) is 1. The standard InChI is InChI=1S/C48H39NO/c1-5-16-38-39(17-6-2)46(41-23-14-13-22-40(41)45(38)34-20-11-8-12-21-34)35-26-28-36(29-27-35)49-32(3)42-31-30-37(33-18-9-7-10-19-33)43-24-15-25-44(47(49)50)48(42,43)4/h1,6,8-9,11-15,17-31,42H,3,7,10,16H2,2,4H3/b17-6-. The number of allylic oxidation sites excluding steroid dienone is 12. The number of benzene rings is 4. The second kappa shape index (κ2) is 12.5. The minimum Gasteiger partial charge on any atom is -0.281 e. The first-order valence-corrected chi connectivity index (χ1v) is 17.5. The topological polar surface area (TPSA) is 20.3 Å². The highest BCUT2D eigenvalue weighted by Gasteiger charge is 2.53. The lowest BCUT2D eigenvalue weighted by Gasteiger charge is -2.51. The lowest BCUT2D eigenvalue weighted by atomic mass is 9.57. The van der Waals surface area contributed by atoms with Crippen molar-refractivity contribution in [1.82, 2.24) is 0 Å². The van der Waals surface area contributed by atoms with E-state index >= 15 is 0 Å². The van der Waals surface area contributed by atoms with Gasteiger partial charge in [0, 0.05) is 34.7 Å². The number of amides is 1. The van der Waals surface area contributed by atoms with Gasteiger partial charge in [-0.2, -0.15) is 0 Å². The summed E-state index contributed by atoms with van der Waals surface area (Å²) in [6, 6.07) is 27.5. The van der Waals surface area contributed by atoms with Crippen LogP contribution in [-0.4, -0.2) is 5.91 Å². The average Bonchev–Trinajstić information content (AvgIpc) is 3.15. The van der Waals surface area contributed by atoms with Crippen molar-refractivity contribution in [3.8, 4) is 34.6 Å². The van der Waals surface area contributed by atoms with Gasteiger partial charge in [-0.25, -0.2) is 0 Å². The van der Waals surface area contributed by atoms with Crippen molar-refractivity contribution in [1.29, 1.82) is 0 Å². The fourth-order valence-electron chi connectivity index (χ4n) is 8.56. The molecule has 4 aromatic rings. The molecule has 50 heavy (non-hydrogen) atoms. The Bertz CT molecular complexity index is 2350. The molecule has 1 amide bonds. The molecular formula is C48H39NO. The summed E-state index contributed by atoms with van der Waals surface area (Å²) in [6.07, 6.45) is 30.4. The van der Waals surface area contributed by atoms with Gasteiger partial charge in [-0.15, -0.1) is 12.3 Å². The molecule has 2 atom stereocenters. The van der Waals surface area contributed by atoms with Crippen LogP contribution in [0.25, 0.3) is 39.1 Å². The predicted molar refractivity (Wildman–Crippen MR) is 210 cm³/mol. The van der Waals surface area contributed by atoms with Gasteiger partial charge in [0.25, 0.3) is 5.91 Å². The van der Waals surface area contributed by atoms with Crippen molar-refractivity contribution in [3.63, 3.8) is 0 Å². The van der Waals surface area contributed by atoms with Gasteiger partial charge in [0.05, 0.1) is 0 Å². The normalized spacial score (nSPS) is 21.1. The first-order valence-electron chi connectivity index (χ1n) is 17.5. The van der Waals surface area contributed by atoms with Crippen molar-refractivity contribution in [2.45, 2.75) is 33.1 Å². The summed E-state index contributed by atoms with van der Waals surface area (Å²) in [6.45, 7) is 8.83. The molecule has 1 saturated heterocycles. The molecule has 2 unspecified atom stereocenters. The smallest absolute Gasteiger partial charge is 0.259 e. The minimum atomic E-state index is -0.482. The highest BCUT2D eigenvalue weighted by molar-refractivity contribution is 6.13. The molecule has 0 aromatic heterocycles. The van der Waals surface area contributed by atoms with Crippen LogP contribution in [0.2, 0.25) is 0 Å². The SMILES string of the molecule is C#CCc1c(/C=C\C)c(-c2ccc(N3C(=C)C4C=CC(C5=CCCC=C5)=C5C=CC=C(C3=O)C54C)cc2)c2ccccc2c1-c1ccccc1. The maximum absolute atomic E-state index is 14.5. The molecule has 1 aliphatic heterocycles. The molecule has 4 aliphatic rings. The Labute approximate surface area is 295 Å². The Hall–Kier alpha value is -5.91. The van der Waals surface area contributed by atoms with E-state index in [1.807, 2.05) is 30.0 Å². The number of anilines is 1. The van der Waals surface area contributed by atoms with E-state index in [1.54, 1.807) is 0 Å². The van der Waals surface area contributed by atoms with Gasteiger partial charge in [-0.05, 0) is 92.8 Å². The number of rotatable bonds is 6. The minimum absolute atomic E-state index is 0.0188. The second-order valence-electron chi connectivity index (χ2n) is 13.6. The van der Waals surface area contributed by atoms with Gasteiger partial charge in [-0.3, -0.25) is 9.69 Å². The maximum atomic E-state index is 14.5. The van der Waals surface area contributed by atoms with Crippen LogP contribution in [-0.2, 0) is 11.2 Å². The number of carbonyl (C=O) groups is 1. The Morgan fingerprint density at radius 3 is 2.34 bits per heavy atom. The molecule has 0 spiro atoms. The molecule has 0 bridgehead atoms. The van der Waals surface area contributed by atoms with Crippen LogP contribution < -0.4 is 4.90 Å². The molecule has 2 nitrogen and oxygen atoms in total. The molecule has 1 fully saturated rings. The number of hydrogen-bond donors (Lipinski definition) is 0. The lowest BCUT2D eigenvalue weighted by Crippen LogP contribution is -2.51. The number of terminal acetylenes is 1. The Balaban J connectivity index is 1.23. The van der Waals surface area contributed by atoms with Crippen LogP contribution in [0.4, 0.5) is 5.69 Å². The molecule has 242 valence electrons. The van der Waals surface area contributed by atoms with Crippen LogP contribution in [0, 0.1) is 23.7 Å². The molecular weight excluding hydrogens is 607 g/mol. The van der Waals surface area contributed by atoms with Gasteiger partial charge in [0.2, 0.25) is 0 Å². The van der Waals surface area contributed by atoms with Crippen molar-refractivity contribution in [2.24, 2.45) is 11.3 Å². The van der Waals surface area contributed by atoms with Crippen LogP contribution in [0.3, 0.4) is 0 Å². The first-order chi connectivity index (χ1) is 24.5. The lowest BCUT2D eigenvalue weighted by molar-refractivity contribution is -0.116. The maximum Gasteiger partial charge on any atom is 0.259 e. The molecule has 2 heteroatoms. The number of piperidine rings is 1. The van der Waals surface area contributed by atoms with Crippen LogP contribution in [0.1, 0.15) is 37.8 Å². The average molecular weight is 646 g/mol. The number of nitrogens with zero attached hydrogens (tertiary/aromatic N) is 1. The van der Waals surface area contributed by atoms with Crippen LogP contribution >= 0.6 is 0 Å². The number of carbonyl (C=O) groups excluding carboxylic acids is 1. The summed E-state index contributed by atoms with van der Waals surface area (Å²) >= 11 is 0. The highest BCUT2D eigenvalue weighted by Crippen LogP contribution is 2.57.